The molecule has 1 rings (SSSR count). The molecule has 0 aliphatic heterocycles. The maximum absolute atomic E-state index is 12.4. The smallest absolute Gasteiger partial charge is 0.298 e. The molecule has 0 amide bonds. The van der Waals surface area contributed by atoms with Crippen molar-refractivity contribution in [3.63, 3.8) is 0 Å². The molecule has 0 spiro atoms. The van der Waals surface area contributed by atoms with E-state index in [1.807, 2.05) is 19.1 Å². The predicted octanol–water partition coefficient (Wildman–Crippen LogP) is 5.87. The molecule has 0 heterocycles. The minimum absolute atomic E-state index is 0.0974. The highest BCUT2D eigenvalue weighted by Gasteiger charge is 2.32. The Labute approximate surface area is 136 Å². The highest BCUT2D eigenvalue weighted by Crippen LogP contribution is 2.40. The van der Waals surface area contributed by atoms with E-state index in [-0.39, 0.29) is 11.7 Å². The number of allylic oxidation sites excluding steroid dienone is 10. The summed E-state index contributed by atoms with van der Waals surface area (Å²) in [6.45, 7) is 8.27. The molecule has 1 aliphatic carbocycles. The molecule has 0 unspecified atom stereocenters. The molecule has 0 bridgehead atoms. The SMILES string of the molecule is CC1=CCCC(C)(C)\C1=C/C=C(C)/C=C/C=C(/C=O)C(F)(F)F. The van der Waals surface area contributed by atoms with Crippen molar-refractivity contribution in [3.05, 3.63) is 58.7 Å². The fraction of sp³-hybridized carbons (Fsp3) is 0.421. The van der Waals surface area contributed by atoms with Crippen LogP contribution in [0.15, 0.2) is 58.7 Å². The van der Waals surface area contributed by atoms with Gasteiger partial charge in [-0.15, -0.1) is 0 Å². The average molecular weight is 324 g/mol. The largest absolute Gasteiger partial charge is 0.419 e. The zero-order chi connectivity index (χ0) is 17.7. The molecule has 23 heavy (non-hydrogen) atoms. The second-order valence-corrected chi connectivity index (χ2v) is 6.40. The number of carbonyl (C=O) groups is 1. The minimum Gasteiger partial charge on any atom is -0.298 e. The molecule has 4 heteroatoms. The van der Waals surface area contributed by atoms with Crippen LogP contribution in [0.4, 0.5) is 13.2 Å². The first-order valence-electron chi connectivity index (χ1n) is 7.55. The number of hydrogen-bond acceptors (Lipinski definition) is 1. The van der Waals surface area contributed by atoms with Crippen LogP contribution in [0.5, 0.6) is 0 Å². The molecule has 0 aromatic carbocycles. The maximum atomic E-state index is 12.4. The van der Waals surface area contributed by atoms with Crippen molar-refractivity contribution < 1.29 is 18.0 Å². The first kappa shape index (κ1) is 19.2. The zero-order valence-electron chi connectivity index (χ0n) is 14.0. The van der Waals surface area contributed by atoms with E-state index >= 15 is 0 Å². The second-order valence-electron chi connectivity index (χ2n) is 6.40. The fourth-order valence-electron chi connectivity index (χ4n) is 2.56. The van der Waals surface area contributed by atoms with E-state index < -0.39 is 11.7 Å². The summed E-state index contributed by atoms with van der Waals surface area (Å²) in [5.41, 5.74) is 2.22. The normalized spacial score (nSPS) is 21.7. The number of rotatable bonds is 4. The van der Waals surface area contributed by atoms with Gasteiger partial charge in [-0.3, -0.25) is 4.79 Å². The Hall–Kier alpha value is -1.84. The maximum Gasteiger partial charge on any atom is 0.419 e. The van der Waals surface area contributed by atoms with Crippen molar-refractivity contribution in [3.8, 4) is 0 Å². The van der Waals surface area contributed by atoms with Gasteiger partial charge in [-0.1, -0.05) is 55.4 Å². The van der Waals surface area contributed by atoms with Crippen molar-refractivity contribution in [1.82, 2.24) is 0 Å². The third-order valence-corrected chi connectivity index (χ3v) is 3.98. The van der Waals surface area contributed by atoms with E-state index in [9.17, 15) is 18.0 Å². The lowest BCUT2D eigenvalue weighted by Crippen LogP contribution is -2.18. The highest BCUT2D eigenvalue weighted by atomic mass is 19.4. The van der Waals surface area contributed by atoms with Crippen LogP contribution < -0.4 is 0 Å². The van der Waals surface area contributed by atoms with E-state index in [4.69, 9.17) is 0 Å². The van der Waals surface area contributed by atoms with Crippen molar-refractivity contribution in [1.29, 1.82) is 0 Å². The third-order valence-electron chi connectivity index (χ3n) is 3.98. The van der Waals surface area contributed by atoms with Gasteiger partial charge in [0.05, 0.1) is 5.57 Å². The van der Waals surface area contributed by atoms with Crippen LogP contribution in [0.25, 0.3) is 0 Å². The molecular weight excluding hydrogens is 301 g/mol. The van der Waals surface area contributed by atoms with Crippen LogP contribution in [-0.4, -0.2) is 12.5 Å². The van der Waals surface area contributed by atoms with Crippen LogP contribution in [0.2, 0.25) is 0 Å². The average Bonchev–Trinajstić information content (AvgIpc) is 2.40. The lowest BCUT2D eigenvalue weighted by molar-refractivity contribution is -0.119. The summed E-state index contributed by atoms with van der Waals surface area (Å²) in [6, 6.07) is 0. The Bertz CT molecular complexity index is 597. The molecule has 0 aromatic rings. The van der Waals surface area contributed by atoms with E-state index in [0.29, 0.717) is 0 Å². The van der Waals surface area contributed by atoms with Crippen LogP contribution >= 0.6 is 0 Å². The molecule has 0 aromatic heterocycles. The zero-order valence-corrected chi connectivity index (χ0v) is 14.0. The molecule has 0 fully saturated rings. The number of hydrogen-bond donors (Lipinski definition) is 0. The molecule has 126 valence electrons. The molecule has 0 radical (unpaired) electrons. The van der Waals surface area contributed by atoms with E-state index in [0.717, 1.165) is 24.5 Å². The van der Waals surface area contributed by atoms with Crippen LogP contribution in [0.1, 0.15) is 40.5 Å². The van der Waals surface area contributed by atoms with Gasteiger partial charge < -0.3 is 0 Å². The van der Waals surface area contributed by atoms with Crippen LogP contribution in [0.3, 0.4) is 0 Å². The van der Waals surface area contributed by atoms with Gasteiger partial charge in [-0.05, 0) is 43.8 Å². The minimum atomic E-state index is -4.61. The van der Waals surface area contributed by atoms with Gasteiger partial charge in [0, 0.05) is 0 Å². The van der Waals surface area contributed by atoms with Gasteiger partial charge in [0.25, 0.3) is 0 Å². The fourth-order valence-corrected chi connectivity index (χ4v) is 2.56. The molecule has 0 atom stereocenters. The topological polar surface area (TPSA) is 17.1 Å². The summed E-state index contributed by atoms with van der Waals surface area (Å²) in [6.07, 6.45) is 7.06. The van der Waals surface area contributed by atoms with Gasteiger partial charge >= 0.3 is 6.18 Å². The Balaban J connectivity index is 2.93. The summed E-state index contributed by atoms with van der Waals surface area (Å²) < 4.78 is 37.2. The van der Waals surface area contributed by atoms with Gasteiger partial charge in [0.15, 0.2) is 6.29 Å². The summed E-state index contributed by atoms with van der Waals surface area (Å²) in [5.74, 6) is 0. The van der Waals surface area contributed by atoms with Crippen molar-refractivity contribution in [2.45, 2.75) is 46.7 Å². The number of halogens is 3. The van der Waals surface area contributed by atoms with Crippen LogP contribution in [-0.2, 0) is 4.79 Å². The van der Waals surface area contributed by atoms with Crippen molar-refractivity contribution >= 4 is 6.29 Å². The van der Waals surface area contributed by atoms with Crippen molar-refractivity contribution in [2.75, 3.05) is 0 Å². The van der Waals surface area contributed by atoms with Gasteiger partial charge in [0.1, 0.15) is 0 Å². The Morgan fingerprint density at radius 3 is 2.43 bits per heavy atom. The summed E-state index contributed by atoms with van der Waals surface area (Å²) in [5, 5.41) is 0. The lowest BCUT2D eigenvalue weighted by atomic mass is 9.73. The third kappa shape index (κ3) is 5.70. The Kier molecular flexibility index (Phi) is 6.37. The molecule has 0 saturated carbocycles. The summed E-state index contributed by atoms with van der Waals surface area (Å²) in [4.78, 5) is 10.4. The predicted molar refractivity (Wildman–Crippen MR) is 88.0 cm³/mol. The first-order valence-corrected chi connectivity index (χ1v) is 7.55. The Morgan fingerprint density at radius 2 is 1.91 bits per heavy atom. The molecule has 0 saturated heterocycles. The standard InChI is InChI=1S/C19H23F3O/c1-14(7-5-9-16(13-23)19(20,21)22)10-11-17-15(2)8-6-12-18(17,3)4/h5,7-11,13H,6,12H2,1-4H3/b7-5+,14-10+,16-9-,17-11-. The number of carbonyl (C=O) groups excluding carboxylic acids is 1. The van der Waals surface area contributed by atoms with E-state index in [2.05, 4.69) is 26.8 Å². The quantitative estimate of drug-likeness (QED) is 0.359. The molecule has 1 nitrogen and oxygen atoms in total. The first-order chi connectivity index (χ1) is 10.6. The number of aldehydes is 1. The van der Waals surface area contributed by atoms with Crippen LogP contribution in [0, 0.1) is 5.41 Å². The second kappa shape index (κ2) is 7.62. The van der Waals surface area contributed by atoms with Crippen molar-refractivity contribution in [2.24, 2.45) is 5.41 Å². The summed E-state index contributed by atoms with van der Waals surface area (Å²) in [7, 11) is 0. The van der Waals surface area contributed by atoms with E-state index in [1.54, 1.807) is 6.08 Å². The molecular formula is C19H23F3O. The van der Waals surface area contributed by atoms with Gasteiger partial charge in [-0.2, -0.15) is 13.2 Å². The lowest BCUT2D eigenvalue weighted by Gasteiger charge is -2.32. The number of alkyl halides is 3. The van der Waals surface area contributed by atoms with Gasteiger partial charge in [-0.25, -0.2) is 0 Å². The monoisotopic (exact) mass is 324 g/mol. The Morgan fingerprint density at radius 1 is 1.26 bits per heavy atom. The molecule has 0 N–H and O–H groups in total. The van der Waals surface area contributed by atoms with Gasteiger partial charge in [0.2, 0.25) is 0 Å². The molecule has 1 aliphatic rings. The summed E-state index contributed by atoms with van der Waals surface area (Å²) >= 11 is 0. The van der Waals surface area contributed by atoms with E-state index in [1.165, 1.54) is 17.2 Å². The highest BCUT2D eigenvalue weighted by molar-refractivity contribution is 5.75.